The third kappa shape index (κ3) is 22.9. The number of rotatable bonds is 25. The molecule has 0 aliphatic carbocycles. The lowest BCUT2D eigenvalue weighted by Crippen LogP contribution is -2.43. The number of nitrogens with zero attached hydrogens (tertiary/aromatic N) is 2. The summed E-state index contributed by atoms with van der Waals surface area (Å²) >= 11 is 0. The molecule has 0 radical (unpaired) electrons. The van der Waals surface area contributed by atoms with Crippen molar-refractivity contribution in [3.63, 3.8) is 0 Å². The highest BCUT2D eigenvalue weighted by molar-refractivity contribution is 4.67. The lowest BCUT2D eigenvalue weighted by atomic mass is 10.3. The molecule has 0 heterocycles. The van der Waals surface area contributed by atoms with Gasteiger partial charge in [-0.15, -0.1) is 0 Å². The summed E-state index contributed by atoms with van der Waals surface area (Å²) in [7, 11) is 0. The standard InChI is InChI=1S/C24H58N8/c1-7-25-15-19-32(20-17-28-12-14-30-24(5)6)22-21-31(8-2)18-16-27-10-9-26-11-13-29-23(3)4/h23-30H,7-22H2,1-6H3. The van der Waals surface area contributed by atoms with E-state index < -0.39 is 0 Å². The van der Waals surface area contributed by atoms with Crippen LogP contribution < -0.4 is 31.9 Å². The Labute approximate surface area is 200 Å². The van der Waals surface area contributed by atoms with Gasteiger partial charge < -0.3 is 36.8 Å². The van der Waals surface area contributed by atoms with E-state index in [1.54, 1.807) is 0 Å². The van der Waals surface area contributed by atoms with E-state index in [1.165, 1.54) is 0 Å². The monoisotopic (exact) mass is 458 g/mol. The first kappa shape index (κ1) is 31.7. The van der Waals surface area contributed by atoms with Gasteiger partial charge in [0.25, 0.3) is 0 Å². The summed E-state index contributed by atoms with van der Waals surface area (Å²) in [4.78, 5) is 5.16. The molecule has 0 saturated heterocycles. The molecular weight excluding hydrogens is 400 g/mol. The molecule has 0 aliphatic rings. The zero-order chi connectivity index (χ0) is 23.9. The van der Waals surface area contributed by atoms with Crippen LogP contribution in [0.4, 0.5) is 0 Å². The minimum absolute atomic E-state index is 0.561. The molecule has 0 saturated carbocycles. The molecule has 0 unspecified atom stereocenters. The smallest absolute Gasteiger partial charge is 0.0110 e. The molecule has 8 nitrogen and oxygen atoms in total. The number of likely N-dealkylation sites (N-methyl/N-ethyl adjacent to an activating group) is 2. The predicted octanol–water partition coefficient (Wildman–Crippen LogP) is -0.0154. The average Bonchev–Trinajstić information content (AvgIpc) is 2.76. The van der Waals surface area contributed by atoms with Crippen molar-refractivity contribution in [2.45, 2.75) is 53.6 Å². The summed E-state index contributed by atoms with van der Waals surface area (Å²) in [5.41, 5.74) is 0. The van der Waals surface area contributed by atoms with Gasteiger partial charge in [-0.2, -0.15) is 0 Å². The van der Waals surface area contributed by atoms with Crippen molar-refractivity contribution in [1.82, 2.24) is 41.7 Å². The normalized spacial score (nSPS) is 12.2. The van der Waals surface area contributed by atoms with Gasteiger partial charge in [-0.1, -0.05) is 41.5 Å². The second-order valence-electron chi connectivity index (χ2n) is 9.10. The van der Waals surface area contributed by atoms with Crippen molar-refractivity contribution in [2.75, 3.05) is 105 Å². The highest BCUT2D eigenvalue weighted by Gasteiger charge is 2.08. The molecule has 194 valence electrons. The van der Waals surface area contributed by atoms with Gasteiger partial charge >= 0.3 is 0 Å². The number of nitrogens with one attached hydrogen (secondary N) is 6. The van der Waals surface area contributed by atoms with Crippen LogP contribution in [0.3, 0.4) is 0 Å². The quantitative estimate of drug-likeness (QED) is 0.107. The van der Waals surface area contributed by atoms with Crippen LogP contribution in [0.1, 0.15) is 41.5 Å². The van der Waals surface area contributed by atoms with Gasteiger partial charge in [-0.05, 0) is 13.1 Å². The minimum atomic E-state index is 0.561. The number of hydrogen-bond acceptors (Lipinski definition) is 8. The second kappa shape index (κ2) is 23.8. The first-order valence-electron chi connectivity index (χ1n) is 13.2. The van der Waals surface area contributed by atoms with E-state index in [0.717, 1.165) is 105 Å². The van der Waals surface area contributed by atoms with Crippen LogP contribution in [0, 0.1) is 0 Å². The van der Waals surface area contributed by atoms with Gasteiger partial charge in [0, 0.05) is 104 Å². The third-order valence-electron chi connectivity index (χ3n) is 5.43. The number of hydrogen-bond donors (Lipinski definition) is 6. The minimum Gasteiger partial charge on any atom is -0.316 e. The van der Waals surface area contributed by atoms with Crippen LogP contribution in [0.15, 0.2) is 0 Å². The SMILES string of the molecule is CCNCCN(CCNCCNC(C)C)CCN(CC)CCNCCNCCNC(C)C. The van der Waals surface area contributed by atoms with Gasteiger partial charge in [0.05, 0.1) is 0 Å². The van der Waals surface area contributed by atoms with Crippen molar-refractivity contribution >= 4 is 0 Å². The van der Waals surface area contributed by atoms with Crippen LogP contribution in [0.5, 0.6) is 0 Å². The van der Waals surface area contributed by atoms with E-state index in [1.807, 2.05) is 0 Å². The summed E-state index contributed by atoms with van der Waals surface area (Å²) in [6.45, 7) is 30.4. The molecule has 0 aromatic carbocycles. The lowest BCUT2D eigenvalue weighted by molar-refractivity contribution is 0.209. The molecule has 0 bridgehead atoms. The molecule has 0 fully saturated rings. The van der Waals surface area contributed by atoms with Gasteiger partial charge in [0.1, 0.15) is 0 Å². The van der Waals surface area contributed by atoms with Crippen molar-refractivity contribution < 1.29 is 0 Å². The Morgan fingerprint density at radius 2 is 0.875 bits per heavy atom. The Morgan fingerprint density at radius 1 is 0.469 bits per heavy atom. The molecule has 0 atom stereocenters. The Bertz CT molecular complexity index is 368. The van der Waals surface area contributed by atoms with Crippen LogP contribution in [0.25, 0.3) is 0 Å². The average molecular weight is 459 g/mol. The van der Waals surface area contributed by atoms with Crippen LogP contribution in [-0.2, 0) is 0 Å². The lowest BCUT2D eigenvalue weighted by Gasteiger charge is -2.27. The predicted molar refractivity (Wildman–Crippen MR) is 142 cm³/mol. The maximum Gasteiger partial charge on any atom is 0.0110 e. The molecule has 32 heavy (non-hydrogen) atoms. The Balaban J connectivity index is 3.93. The molecule has 6 N–H and O–H groups in total. The molecule has 0 amide bonds. The Kier molecular flexibility index (Phi) is 23.6. The third-order valence-corrected chi connectivity index (χ3v) is 5.43. The summed E-state index contributed by atoms with van der Waals surface area (Å²) in [6.07, 6.45) is 0. The summed E-state index contributed by atoms with van der Waals surface area (Å²) in [5, 5.41) is 21.0. The Morgan fingerprint density at radius 3 is 1.34 bits per heavy atom. The fourth-order valence-electron chi connectivity index (χ4n) is 3.38. The highest BCUT2D eigenvalue weighted by atomic mass is 15.2. The summed E-state index contributed by atoms with van der Waals surface area (Å²) < 4.78 is 0. The zero-order valence-electron chi connectivity index (χ0n) is 22.4. The molecule has 0 spiro atoms. The molecule has 8 heteroatoms. The van der Waals surface area contributed by atoms with E-state index in [0.29, 0.717) is 12.1 Å². The Hall–Kier alpha value is -0.320. The summed E-state index contributed by atoms with van der Waals surface area (Å²) in [5.74, 6) is 0. The van der Waals surface area contributed by atoms with Crippen molar-refractivity contribution in [3.05, 3.63) is 0 Å². The van der Waals surface area contributed by atoms with E-state index in [4.69, 9.17) is 0 Å². The van der Waals surface area contributed by atoms with E-state index in [9.17, 15) is 0 Å². The van der Waals surface area contributed by atoms with Crippen LogP contribution in [-0.4, -0.2) is 127 Å². The fourth-order valence-corrected chi connectivity index (χ4v) is 3.38. The molecule has 0 aliphatic heterocycles. The van der Waals surface area contributed by atoms with Gasteiger partial charge in [-0.25, -0.2) is 0 Å². The van der Waals surface area contributed by atoms with Crippen LogP contribution >= 0.6 is 0 Å². The van der Waals surface area contributed by atoms with Gasteiger partial charge in [0.15, 0.2) is 0 Å². The second-order valence-corrected chi connectivity index (χ2v) is 9.10. The largest absolute Gasteiger partial charge is 0.316 e. The van der Waals surface area contributed by atoms with E-state index >= 15 is 0 Å². The van der Waals surface area contributed by atoms with Crippen molar-refractivity contribution in [3.8, 4) is 0 Å². The molecule has 0 aromatic heterocycles. The topological polar surface area (TPSA) is 78.7 Å². The maximum atomic E-state index is 3.58. The zero-order valence-corrected chi connectivity index (χ0v) is 22.4. The molecule has 0 rings (SSSR count). The van der Waals surface area contributed by atoms with Gasteiger partial charge in [0.2, 0.25) is 0 Å². The first-order chi connectivity index (χ1) is 15.5. The first-order valence-corrected chi connectivity index (χ1v) is 13.2. The van der Waals surface area contributed by atoms with Crippen molar-refractivity contribution in [1.29, 1.82) is 0 Å². The van der Waals surface area contributed by atoms with E-state index in [-0.39, 0.29) is 0 Å². The van der Waals surface area contributed by atoms with E-state index in [2.05, 4.69) is 83.2 Å². The molecular formula is C24H58N8. The maximum absolute atomic E-state index is 3.58. The fraction of sp³-hybridized carbons (Fsp3) is 1.00. The molecule has 0 aromatic rings. The van der Waals surface area contributed by atoms with Crippen LogP contribution in [0.2, 0.25) is 0 Å². The summed E-state index contributed by atoms with van der Waals surface area (Å²) in [6, 6.07) is 1.13. The van der Waals surface area contributed by atoms with Gasteiger partial charge in [-0.3, -0.25) is 4.90 Å². The van der Waals surface area contributed by atoms with Crippen molar-refractivity contribution in [2.24, 2.45) is 0 Å². The highest BCUT2D eigenvalue weighted by Crippen LogP contribution is 1.92.